The van der Waals surface area contributed by atoms with E-state index >= 15 is 0 Å². The van der Waals surface area contributed by atoms with Gasteiger partial charge in [-0.25, -0.2) is 0 Å². The monoisotopic (exact) mass is 237 g/mol. The molecule has 16 heavy (non-hydrogen) atoms. The Morgan fingerprint density at radius 1 is 1.31 bits per heavy atom. The first-order valence-electron chi connectivity index (χ1n) is 5.37. The number of aliphatic hydroxyl groups excluding tert-OH is 2. The molecule has 0 fully saturated rings. The maximum Gasteiger partial charge on any atom is 0.280 e. The van der Waals surface area contributed by atoms with Crippen LogP contribution in [-0.2, 0) is 9.47 Å². The zero-order valence-electron chi connectivity index (χ0n) is 10.2. The summed E-state index contributed by atoms with van der Waals surface area (Å²) in [6.07, 6.45) is -0.756. The largest absolute Gasteiger partial charge is 0.394 e. The Hall–Kier alpha value is -0.240. The minimum Gasteiger partial charge on any atom is -0.394 e. The average molecular weight is 237 g/mol. The third-order valence-electron chi connectivity index (χ3n) is 2.02. The van der Waals surface area contributed by atoms with Gasteiger partial charge in [0.05, 0.1) is 19.8 Å². The van der Waals surface area contributed by atoms with Crippen molar-refractivity contribution in [1.82, 2.24) is 4.90 Å². The number of likely N-dealkylation sites (N-methyl/N-ethyl adjacent to an activating group) is 1. The molecule has 0 saturated carbocycles. The van der Waals surface area contributed by atoms with E-state index in [9.17, 15) is 5.11 Å². The Morgan fingerprint density at radius 3 is 2.38 bits per heavy atom. The summed E-state index contributed by atoms with van der Waals surface area (Å²) in [5.74, 6) is -1.69. The molecule has 2 unspecified atom stereocenters. The van der Waals surface area contributed by atoms with Crippen molar-refractivity contribution in [1.29, 1.82) is 0 Å². The molecule has 0 heterocycles. The summed E-state index contributed by atoms with van der Waals surface area (Å²) in [5, 5.41) is 27.5. The summed E-state index contributed by atoms with van der Waals surface area (Å²) in [6.45, 7) is 2.13. The van der Waals surface area contributed by atoms with Crippen molar-refractivity contribution in [2.24, 2.45) is 0 Å². The molecular formula is C10H23NO5. The van der Waals surface area contributed by atoms with Crippen molar-refractivity contribution < 1.29 is 24.8 Å². The molecule has 0 aromatic rings. The zero-order chi connectivity index (χ0) is 12.6. The number of nitrogens with zero attached hydrogens (tertiary/aromatic N) is 1. The van der Waals surface area contributed by atoms with Crippen LogP contribution in [0.3, 0.4) is 0 Å². The van der Waals surface area contributed by atoms with Crippen LogP contribution < -0.4 is 0 Å². The van der Waals surface area contributed by atoms with E-state index in [-0.39, 0.29) is 13.0 Å². The van der Waals surface area contributed by atoms with Gasteiger partial charge in [0.1, 0.15) is 6.10 Å². The van der Waals surface area contributed by atoms with Crippen LogP contribution in [0.15, 0.2) is 0 Å². The van der Waals surface area contributed by atoms with Gasteiger partial charge in [-0.15, -0.1) is 0 Å². The van der Waals surface area contributed by atoms with E-state index in [4.69, 9.17) is 19.7 Å². The van der Waals surface area contributed by atoms with Gasteiger partial charge in [0.15, 0.2) is 0 Å². The maximum atomic E-state index is 9.82. The first kappa shape index (κ1) is 15.8. The predicted octanol–water partition coefficient (Wildman–Crippen LogP) is -1.01. The van der Waals surface area contributed by atoms with Crippen LogP contribution in [0, 0.1) is 0 Å². The normalized spacial score (nSPS) is 17.4. The van der Waals surface area contributed by atoms with Crippen molar-refractivity contribution in [3.63, 3.8) is 0 Å². The van der Waals surface area contributed by atoms with Gasteiger partial charge in [-0.2, -0.15) is 0 Å². The molecule has 0 bridgehead atoms. The minimum atomic E-state index is -1.69. The molecular weight excluding hydrogens is 214 g/mol. The third-order valence-corrected chi connectivity index (χ3v) is 2.02. The highest BCUT2D eigenvalue weighted by Crippen LogP contribution is 2.14. The zero-order valence-corrected chi connectivity index (χ0v) is 10.2. The first-order chi connectivity index (χ1) is 7.43. The number of hydrogen-bond acceptors (Lipinski definition) is 6. The highest BCUT2D eigenvalue weighted by molar-refractivity contribution is 4.56. The summed E-state index contributed by atoms with van der Waals surface area (Å²) >= 11 is 0. The third kappa shape index (κ3) is 7.10. The lowest BCUT2D eigenvalue weighted by Crippen LogP contribution is -2.39. The molecule has 6 nitrogen and oxygen atoms in total. The predicted molar refractivity (Wildman–Crippen MR) is 58.8 cm³/mol. The maximum absolute atomic E-state index is 9.82. The van der Waals surface area contributed by atoms with Gasteiger partial charge in [0, 0.05) is 13.0 Å². The standard InChI is InChI=1S/C10H23NO5/c1-4-10(14,15-6-5-11(2)3)16-8-9(13)7-12/h9,12-14H,4-8H2,1-3H3. The number of rotatable bonds is 9. The lowest BCUT2D eigenvalue weighted by atomic mass is 10.4. The highest BCUT2D eigenvalue weighted by Gasteiger charge is 2.27. The van der Waals surface area contributed by atoms with Gasteiger partial charge in [-0.05, 0) is 14.1 Å². The van der Waals surface area contributed by atoms with E-state index in [0.717, 1.165) is 0 Å². The summed E-state index contributed by atoms with van der Waals surface area (Å²) in [4.78, 5) is 1.92. The summed E-state index contributed by atoms with van der Waals surface area (Å²) in [5.41, 5.74) is 0. The molecule has 0 rings (SSSR count). The highest BCUT2D eigenvalue weighted by atomic mass is 16.8. The lowest BCUT2D eigenvalue weighted by Gasteiger charge is -2.28. The van der Waals surface area contributed by atoms with Crippen LogP contribution in [0.5, 0.6) is 0 Å². The molecule has 0 aliphatic rings. The summed E-state index contributed by atoms with van der Waals surface area (Å²) in [6, 6.07) is 0. The SMILES string of the molecule is CCC(O)(OCCN(C)C)OCC(O)CO. The Bertz CT molecular complexity index is 179. The second-order valence-electron chi connectivity index (χ2n) is 3.87. The van der Waals surface area contributed by atoms with Crippen LogP contribution in [0.1, 0.15) is 13.3 Å². The van der Waals surface area contributed by atoms with Gasteiger partial charge in [-0.3, -0.25) is 0 Å². The van der Waals surface area contributed by atoms with Crippen molar-refractivity contribution in [3.8, 4) is 0 Å². The van der Waals surface area contributed by atoms with Crippen LogP contribution >= 0.6 is 0 Å². The van der Waals surface area contributed by atoms with Crippen molar-refractivity contribution in [2.45, 2.75) is 25.4 Å². The van der Waals surface area contributed by atoms with Crippen LogP contribution in [0.25, 0.3) is 0 Å². The molecule has 98 valence electrons. The molecule has 0 saturated heterocycles. The van der Waals surface area contributed by atoms with Crippen molar-refractivity contribution in [2.75, 3.05) is 40.5 Å². The Morgan fingerprint density at radius 2 is 1.94 bits per heavy atom. The number of ether oxygens (including phenoxy) is 2. The van der Waals surface area contributed by atoms with E-state index < -0.39 is 18.7 Å². The summed E-state index contributed by atoms with van der Waals surface area (Å²) < 4.78 is 10.2. The van der Waals surface area contributed by atoms with Crippen molar-refractivity contribution in [3.05, 3.63) is 0 Å². The molecule has 0 spiro atoms. The van der Waals surface area contributed by atoms with E-state index in [0.29, 0.717) is 13.2 Å². The Kier molecular flexibility index (Phi) is 7.82. The van der Waals surface area contributed by atoms with Crippen LogP contribution in [0.4, 0.5) is 0 Å². The molecule has 6 heteroatoms. The fraction of sp³-hybridized carbons (Fsp3) is 1.00. The van der Waals surface area contributed by atoms with Crippen LogP contribution in [0.2, 0.25) is 0 Å². The Balaban J connectivity index is 3.90. The second kappa shape index (κ2) is 7.94. The van der Waals surface area contributed by atoms with Gasteiger partial charge in [0.2, 0.25) is 0 Å². The smallest absolute Gasteiger partial charge is 0.280 e. The first-order valence-corrected chi connectivity index (χ1v) is 5.37. The Labute approximate surface area is 96.4 Å². The fourth-order valence-electron chi connectivity index (χ4n) is 0.913. The summed E-state index contributed by atoms with van der Waals surface area (Å²) in [7, 11) is 3.79. The van der Waals surface area contributed by atoms with Gasteiger partial charge < -0.3 is 29.7 Å². The lowest BCUT2D eigenvalue weighted by molar-refractivity contribution is -0.366. The van der Waals surface area contributed by atoms with Gasteiger partial charge in [0.25, 0.3) is 5.97 Å². The topological polar surface area (TPSA) is 82.4 Å². The van der Waals surface area contributed by atoms with E-state index in [1.165, 1.54) is 0 Å². The fourth-order valence-corrected chi connectivity index (χ4v) is 0.913. The van der Waals surface area contributed by atoms with E-state index in [2.05, 4.69) is 0 Å². The number of aliphatic hydroxyl groups is 3. The van der Waals surface area contributed by atoms with Crippen LogP contribution in [-0.4, -0.2) is 72.8 Å². The molecule has 0 aliphatic heterocycles. The molecule has 0 aromatic heterocycles. The quantitative estimate of drug-likeness (QED) is 0.446. The van der Waals surface area contributed by atoms with E-state index in [1.807, 2.05) is 19.0 Å². The second-order valence-corrected chi connectivity index (χ2v) is 3.87. The molecule has 0 aliphatic carbocycles. The minimum absolute atomic E-state index is 0.164. The number of hydrogen-bond donors (Lipinski definition) is 3. The molecule has 0 radical (unpaired) electrons. The molecule has 0 amide bonds. The molecule has 2 atom stereocenters. The van der Waals surface area contributed by atoms with Crippen molar-refractivity contribution >= 4 is 0 Å². The molecule has 0 aromatic carbocycles. The average Bonchev–Trinajstić information content (AvgIpc) is 2.25. The van der Waals surface area contributed by atoms with Gasteiger partial charge >= 0.3 is 0 Å². The van der Waals surface area contributed by atoms with E-state index in [1.54, 1.807) is 6.92 Å². The molecule has 3 N–H and O–H groups in total. The van der Waals surface area contributed by atoms with Gasteiger partial charge in [-0.1, -0.05) is 6.92 Å².